The van der Waals surface area contributed by atoms with E-state index in [-0.39, 0.29) is 11.5 Å². The largest absolute Gasteiger partial charge is 0.461 e. The highest BCUT2D eigenvalue weighted by Gasteiger charge is 2.33. The van der Waals surface area contributed by atoms with Crippen LogP contribution in [0.15, 0.2) is 4.99 Å². The highest BCUT2D eigenvalue weighted by molar-refractivity contribution is 5.76. The molecule has 0 aromatic heterocycles. The Morgan fingerprint density at radius 3 is 2.14 bits per heavy atom. The van der Waals surface area contributed by atoms with E-state index in [1.807, 2.05) is 20.8 Å². The van der Waals surface area contributed by atoms with Gasteiger partial charge in [-0.1, -0.05) is 13.8 Å². The molecule has 128 valence electrons. The normalized spacial score (nSPS) is 19.8. The van der Waals surface area contributed by atoms with Gasteiger partial charge in [0.15, 0.2) is 0 Å². The van der Waals surface area contributed by atoms with Crippen LogP contribution in [0, 0.1) is 11.3 Å². The molecule has 0 radical (unpaired) electrons. The molecule has 0 aliphatic carbocycles. The quantitative estimate of drug-likeness (QED) is 0.547. The SMILES string of the molecule is CCC(C)(/C=N/C)C(C)OC(=O)C(C)C(C)OC(=O)C(C)O. The molecule has 0 aliphatic rings. The molecule has 0 rings (SSSR count). The van der Waals surface area contributed by atoms with Crippen molar-refractivity contribution in [1.29, 1.82) is 0 Å². The molecule has 1 N–H and O–H groups in total. The maximum absolute atomic E-state index is 12.2. The fourth-order valence-electron chi connectivity index (χ4n) is 1.77. The summed E-state index contributed by atoms with van der Waals surface area (Å²) in [6.45, 7) is 10.3. The minimum atomic E-state index is -1.21. The lowest BCUT2D eigenvalue weighted by Gasteiger charge is -2.31. The number of nitrogens with zero attached hydrogens (tertiary/aromatic N) is 1. The van der Waals surface area contributed by atoms with Crippen molar-refractivity contribution in [2.75, 3.05) is 7.05 Å². The fourth-order valence-corrected chi connectivity index (χ4v) is 1.77. The Balaban J connectivity index is 4.73. The van der Waals surface area contributed by atoms with E-state index in [2.05, 4.69) is 4.99 Å². The maximum atomic E-state index is 12.2. The van der Waals surface area contributed by atoms with E-state index in [0.717, 1.165) is 6.42 Å². The van der Waals surface area contributed by atoms with Crippen LogP contribution in [0.4, 0.5) is 0 Å². The Morgan fingerprint density at radius 2 is 1.73 bits per heavy atom. The fraction of sp³-hybridized carbons (Fsp3) is 0.812. The van der Waals surface area contributed by atoms with Gasteiger partial charge in [-0.05, 0) is 34.1 Å². The molecule has 22 heavy (non-hydrogen) atoms. The third kappa shape index (κ3) is 5.75. The molecule has 0 aromatic carbocycles. The second-order valence-corrected chi connectivity index (χ2v) is 5.93. The van der Waals surface area contributed by atoms with Crippen molar-refractivity contribution in [2.24, 2.45) is 16.3 Å². The molecule has 6 nitrogen and oxygen atoms in total. The first-order valence-electron chi connectivity index (χ1n) is 7.61. The molecular weight excluding hydrogens is 286 g/mol. The van der Waals surface area contributed by atoms with Crippen LogP contribution >= 0.6 is 0 Å². The Kier molecular flexibility index (Phi) is 8.30. The molecule has 0 amide bonds. The zero-order chi connectivity index (χ0) is 17.5. The number of hydrogen-bond donors (Lipinski definition) is 1. The third-order valence-corrected chi connectivity index (χ3v) is 4.13. The second kappa shape index (κ2) is 8.88. The highest BCUT2D eigenvalue weighted by Crippen LogP contribution is 2.27. The Bertz CT molecular complexity index is 407. The number of ether oxygens (including phenoxy) is 2. The topological polar surface area (TPSA) is 85.2 Å². The van der Waals surface area contributed by atoms with Crippen molar-refractivity contribution >= 4 is 18.2 Å². The van der Waals surface area contributed by atoms with E-state index < -0.39 is 30.1 Å². The van der Waals surface area contributed by atoms with Gasteiger partial charge in [0.05, 0.1) is 5.92 Å². The summed E-state index contributed by atoms with van der Waals surface area (Å²) in [7, 11) is 1.68. The van der Waals surface area contributed by atoms with Crippen molar-refractivity contribution in [3.63, 3.8) is 0 Å². The van der Waals surface area contributed by atoms with Crippen LogP contribution in [0.2, 0.25) is 0 Å². The summed E-state index contributed by atoms with van der Waals surface area (Å²) in [4.78, 5) is 27.6. The first kappa shape index (κ1) is 20.6. The van der Waals surface area contributed by atoms with Crippen LogP contribution in [0.25, 0.3) is 0 Å². The van der Waals surface area contributed by atoms with Crippen LogP contribution in [-0.4, -0.2) is 48.6 Å². The first-order chi connectivity index (χ1) is 10.1. The van der Waals surface area contributed by atoms with Crippen molar-refractivity contribution in [3.05, 3.63) is 0 Å². The maximum Gasteiger partial charge on any atom is 0.334 e. The lowest BCUT2D eigenvalue weighted by Crippen LogP contribution is -2.39. The van der Waals surface area contributed by atoms with E-state index in [1.54, 1.807) is 27.1 Å². The Morgan fingerprint density at radius 1 is 1.18 bits per heavy atom. The van der Waals surface area contributed by atoms with Gasteiger partial charge in [0.2, 0.25) is 0 Å². The molecule has 0 heterocycles. The molecule has 0 bridgehead atoms. The van der Waals surface area contributed by atoms with Gasteiger partial charge in [-0.2, -0.15) is 0 Å². The molecule has 6 heteroatoms. The van der Waals surface area contributed by atoms with Gasteiger partial charge in [0, 0.05) is 18.7 Å². The van der Waals surface area contributed by atoms with Gasteiger partial charge < -0.3 is 19.6 Å². The van der Waals surface area contributed by atoms with Crippen molar-refractivity contribution in [2.45, 2.75) is 66.3 Å². The number of aliphatic imine (C=N–C) groups is 1. The van der Waals surface area contributed by atoms with E-state index in [0.29, 0.717) is 0 Å². The van der Waals surface area contributed by atoms with Gasteiger partial charge >= 0.3 is 11.9 Å². The highest BCUT2D eigenvalue weighted by atomic mass is 16.6. The minimum Gasteiger partial charge on any atom is -0.461 e. The van der Waals surface area contributed by atoms with Crippen LogP contribution in [-0.2, 0) is 19.1 Å². The predicted molar refractivity (Wildman–Crippen MR) is 84.8 cm³/mol. The van der Waals surface area contributed by atoms with Crippen LogP contribution in [0.1, 0.15) is 48.0 Å². The van der Waals surface area contributed by atoms with E-state index >= 15 is 0 Å². The summed E-state index contributed by atoms with van der Waals surface area (Å²) in [6, 6.07) is 0. The minimum absolute atomic E-state index is 0.344. The zero-order valence-electron chi connectivity index (χ0n) is 14.6. The summed E-state index contributed by atoms with van der Waals surface area (Å²) in [5.41, 5.74) is -0.344. The van der Waals surface area contributed by atoms with Crippen LogP contribution in [0.3, 0.4) is 0 Å². The average molecular weight is 315 g/mol. The van der Waals surface area contributed by atoms with Crippen molar-refractivity contribution in [1.82, 2.24) is 0 Å². The average Bonchev–Trinajstić information content (AvgIpc) is 2.45. The lowest BCUT2D eigenvalue weighted by molar-refractivity contribution is -0.169. The number of hydrogen-bond acceptors (Lipinski definition) is 6. The van der Waals surface area contributed by atoms with Crippen LogP contribution < -0.4 is 0 Å². The molecular formula is C16H29NO5. The number of aliphatic hydroxyl groups excluding tert-OH is 1. The monoisotopic (exact) mass is 315 g/mol. The molecule has 5 atom stereocenters. The Labute approximate surface area is 132 Å². The van der Waals surface area contributed by atoms with E-state index in [9.17, 15) is 9.59 Å². The summed E-state index contributed by atoms with van der Waals surface area (Å²) in [5.74, 6) is -1.82. The molecule has 0 spiro atoms. The number of carbonyl (C=O) groups is 2. The predicted octanol–water partition coefficient (Wildman–Crippen LogP) is 1.98. The third-order valence-electron chi connectivity index (χ3n) is 4.13. The second-order valence-electron chi connectivity index (χ2n) is 5.93. The number of carbonyl (C=O) groups excluding carboxylic acids is 2. The van der Waals surface area contributed by atoms with Crippen molar-refractivity contribution < 1.29 is 24.2 Å². The van der Waals surface area contributed by atoms with Gasteiger partial charge in [-0.25, -0.2) is 4.79 Å². The van der Waals surface area contributed by atoms with Gasteiger partial charge in [0.1, 0.15) is 18.3 Å². The van der Waals surface area contributed by atoms with Crippen LogP contribution in [0.5, 0.6) is 0 Å². The molecule has 0 saturated heterocycles. The van der Waals surface area contributed by atoms with E-state index in [1.165, 1.54) is 6.92 Å². The van der Waals surface area contributed by atoms with Gasteiger partial charge in [0.25, 0.3) is 0 Å². The Hall–Kier alpha value is -1.43. The first-order valence-corrected chi connectivity index (χ1v) is 7.61. The zero-order valence-corrected chi connectivity index (χ0v) is 14.6. The molecule has 5 unspecified atom stereocenters. The summed E-state index contributed by atoms with van der Waals surface area (Å²) in [6.07, 6.45) is 0.325. The van der Waals surface area contributed by atoms with E-state index in [4.69, 9.17) is 14.6 Å². The number of esters is 2. The molecule has 0 fully saturated rings. The lowest BCUT2D eigenvalue weighted by atomic mass is 9.83. The molecule has 0 saturated carbocycles. The summed E-state index contributed by atoms with van der Waals surface area (Å²) in [5, 5.41) is 9.13. The van der Waals surface area contributed by atoms with Crippen molar-refractivity contribution in [3.8, 4) is 0 Å². The van der Waals surface area contributed by atoms with Gasteiger partial charge in [-0.3, -0.25) is 4.79 Å². The smallest absolute Gasteiger partial charge is 0.334 e. The molecule has 0 aliphatic heterocycles. The van der Waals surface area contributed by atoms with Gasteiger partial charge in [-0.15, -0.1) is 0 Å². The standard InChI is InChI=1S/C16H29NO5/c1-8-16(6,9-17-7)13(5)22-14(19)10(2)12(4)21-15(20)11(3)18/h9-13,18H,8H2,1-7H3/b17-9+. The summed E-state index contributed by atoms with van der Waals surface area (Å²) >= 11 is 0. The molecule has 0 aromatic rings. The number of aliphatic hydroxyl groups is 1. The number of rotatable bonds is 8. The summed E-state index contributed by atoms with van der Waals surface area (Å²) < 4.78 is 10.5.